The van der Waals surface area contributed by atoms with Gasteiger partial charge in [0.15, 0.2) is 0 Å². The van der Waals surface area contributed by atoms with Gasteiger partial charge in [-0.05, 0) is 24.3 Å². The summed E-state index contributed by atoms with van der Waals surface area (Å²) in [6.45, 7) is 0. The molecule has 0 heterocycles. The average molecular weight is 353 g/mol. The number of carbonyl (C=O) groups is 1. The number of hydrogen-bond donors (Lipinski definition) is 3. The summed E-state index contributed by atoms with van der Waals surface area (Å²) < 4.78 is 0.578. The van der Waals surface area contributed by atoms with Crippen LogP contribution in [0.2, 0.25) is 0 Å². The Kier molecular flexibility index (Phi) is 4.08. The van der Waals surface area contributed by atoms with E-state index in [-0.39, 0.29) is 28.4 Å². The van der Waals surface area contributed by atoms with Crippen molar-refractivity contribution < 1.29 is 19.9 Å². The van der Waals surface area contributed by atoms with Gasteiger partial charge in [-0.3, -0.25) is 14.9 Å². The van der Waals surface area contributed by atoms with Gasteiger partial charge in [-0.25, -0.2) is 0 Å². The van der Waals surface area contributed by atoms with Gasteiger partial charge in [-0.2, -0.15) is 0 Å². The smallest absolute Gasteiger partial charge is 0.271 e. The number of halogens is 1. The summed E-state index contributed by atoms with van der Waals surface area (Å²) in [4.78, 5) is 22.1. The SMILES string of the molecule is O=C(Nc1cc([N+](=O)[O-])ccc1O)c1cc(Br)ccc1O. The number of benzene rings is 2. The van der Waals surface area contributed by atoms with Crippen LogP contribution in [0.25, 0.3) is 0 Å². The third-order valence-electron chi connectivity index (χ3n) is 2.64. The van der Waals surface area contributed by atoms with Crippen molar-refractivity contribution in [3.63, 3.8) is 0 Å². The van der Waals surface area contributed by atoms with Crippen LogP contribution in [0.4, 0.5) is 11.4 Å². The molecule has 0 unspecified atom stereocenters. The van der Waals surface area contributed by atoms with Crippen LogP contribution in [-0.2, 0) is 0 Å². The summed E-state index contributed by atoms with van der Waals surface area (Å²) in [5.41, 5.74) is -0.426. The summed E-state index contributed by atoms with van der Waals surface area (Å²) in [7, 11) is 0. The zero-order valence-electron chi connectivity index (χ0n) is 10.4. The second-order valence-corrected chi connectivity index (χ2v) is 4.99. The molecule has 0 aliphatic carbocycles. The number of carbonyl (C=O) groups excluding carboxylic acids is 1. The minimum absolute atomic E-state index is 0.0321. The van der Waals surface area contributed by atoms with E-state index in [1.807, 2.05) is 0 Å². The third-order valence-corrected chi connectivity index (χ3v) is 3.14. The van der Waals surface area contributed by atoms with Crippen molar-refractivity contribution in [1.82, 2.24) is 0 Å². The molecule has 0 saturated carbocycles. The van der Waals surface area contributed by atoms with Crippen molar-refractivity contribution in [2.45, 2.75) is 0 Å². The highest BCUT2D eigenvalue weighted by molar-refractivity contribution is 9.10. The Morgan fingerprint density at radius 2 is 1.81 bits per heavy atom. The van der Waals surface area contributed by atoms with Crippen LogP contribution in [0.15, 0.2) is 40.9 Å². The minimum atomic E-state index is -0.704. The average Bonchev–Trinajstić information content (AvgIpc) is 2.43. The van der Waals surface area contributed by atoms with Gasteiger partial charge in [-0.1, -0.05) is 15.9 Å². The number of nitro benzene ring substituents is 1. The molecule has 8 heteroatoms. The maximum Gasteiger partial charge on any atom is 0.271 e. The topological polar surface area (TPSA) is 113 Å². The zero-order chi connectivity index (χ0) is 15.6. The molecule has 0 spiro atoms. The first kappa shape index (κ1) is 14.8. The molecule has 0 bridgehead atoms. The minimum Gasteiger partial charge on any atom is -0.507 e. The normalized spacial score (nSPS) is 10.1. The highest BCUT2D eigenvalue weighted by atomic mass is 79.9. The summed E-state index contributed by atoms with van der Waals surface area (Å²) in [6, 6.07) is 7.51. The number of aromatic hydroxyl groups is 2. The van der Waals surface area contributed by atoms with Crippen molar-refractivity contribution in [3.05, 3.63) is 56.5 Å². The molecule has 2 rings (SSSR count). The van der Waals surface area contributed by atoms with Gasteiger partial charge in [0.25, 0.3) is 11.6 Å². The number of nitrogens with one attached hydrogen (secondary N) is 1. The van der Waals surface area contributed by atoms with E-state index in [9.17, 15) is 25.1 Å². The van der Waals surface area contributed by atoms with Gasteiger partial charge >= 0.3 is 0 Å². The number of phenolic OH excluding ortho intramolecular Hbond substituents is 2. The van der Waals surface area contributed by atoms with E-state index >= 15 is 0 Å². The zero-order valence-corrected chi connectivity index (χ0v) is 12.0. The molecule has 108 valence electrons. The number of nitrogens with zero attached hydrogens (tertiary/aromatic N) is 1. The molecule has 21 heavy (non-hydrogen) atoms. The predicted octanol–water partition coefficient (Wildman–Crippen LogP) is 3.02. The molecule has 2 aromatic rings. The van der Waals surface area contributed by atoms with Crippen LogP contribution in [0, 0.1) is 10.1 Å². The van der Waals surface area contributed by atoms with Gasteiger partial charge in [-0.15, -0.1) is 0 Å². The predicted molar refractivity (Wildman–Crippen MR) is 78.5 cm³/mol. The molecule has 0 aliphatic heterocycles. The van der Waals surface area contributed by atoms with E-state index in [0.717, 1.165) is 18.2 Å². The number of amides is 1. The standard InChI is InChI=1S/C13H9BrN2O5/c14-7-1-3-11(17)9(5-7)13(19)15-10-6-8(16(20)21)2-4-12(10)18/h1-6,17-18H,(H,15,19). The number of rotatable bonds is 3. The Bertz CT molecular complexity index is 732. The number of phenols is 2. The highest BCUT2D eigenvalue weighted by Gasteiger charge is 2.16. The monoisotopic (exact) mass is 352 g/mol. The lowest BCUT2D eigenvalue weighted by atomic mass is 10.1. The van der Waals surface area contributed by atoms with E-state index in [1.54, 1.807) is 6.07 Å². The first-order chi connectivity index (χ1) is 9.88. The molecular weight excluding hydrogens is 344 g/mol. The largest absolute Gasteiger partial charge is 0.507 e. The van der Waals surface area contributed by atoms with Gasteiger partial charge in [0.1, 0.15) is 11.5 Å². The molecule has 0 fully saturated rings. The van der Waals surface area contributed by atoms with Gasteiger partial charge in [0.05, 0.1) is 16.2 Å². The fourth-order valence-electron chi connectivity index (χ4n) is 1.62. The second kappa shape index (κ2) is 5.80. The quantitative estimate of drug-likeness (QED) is 0.446. The first-order valence-electron chi connectivity index (χ1n) is 5.66. The van der Waals surface area contributed by atoms with E-state index in [2.05, 4.69) is 21.2 Å². The van der Waals surface area contributed by atoms with Gasteiger partial charge in [0, 0.05) is 16.6 Å². The van der Waals surface area contributed by atoms with Crippen LogP contribution < -0.4 is 5.32 Å². The van der Waals surface area contributed by atoms with Crippen molar-refractivity contribution in [2.75, 3.05) is 5.32 Å². The van der Waals surface area contributed by atoms with E-state index in [4.69, 9.17) is 0 Å². The Balaban J connectivity index is 2.33. The summed E-state index contributed by atoms with van der Waals surface area (Å²) in [5.74, 6) is -1.27. The Hall–Kier alpha value is -2.61. The van der Waals surface area contributed by atoms with Crippen LogP contribution >= 0.6 is 15.9 Å². The van der Waals surface area contributed by atoms with Crippen molar-refractivity contribution in [1.29, 1.82) is 0 Å². The Morgan fingerprint density at radius 1 is 1.14 bits per heavy atom. The molecule has 0 saturated heterocycles. The van der Waals surface area contributed by atoms with E-state index in [0.29, 0.717) is 4.47 Å². The lowest BCUT2D eigenvalue weighted by Gasteiger charge is -2.08. The molecule has 7 nitrogen and oxygen atoms in total. The van der Waals surface area contributed by atoms with Gasteiger partial charge in [0.2, 0.25) is 0 Å². The maximum absolute atomic E-state index is 12.0. The number of non-ortho nitro benzene ring substituents is 1. The maximum atomic E-state index is 12.0. The molecule has 1 amide bonds. The van der Waals surface area contributed by atoms with Crippen LogP contribution in [0.3, 0.4) is 0 Å². The van der Waals surface area contributed by atoms with Gasteiger partial charge < -0.3 is 15.5 Å². The number of anilines is 1. The fourth-order valence-corrected chi connectivity index (χ4v) is 1.98. The lowest BCUT2D eigenvalue weighted by molar-refractivity contribution is -0.384. The van der Waals surface area contributed by atoms with Crippen LogP contribution in [0.1, 0.15) is 10.4 Å². The number of hydrogen-bond acceptors (Lipinski definition) is 5. The second-order valence-electron chi connectivity index (χ2n) is 4.07. The van der Waals surface area contributed by atoms with Crippen molar-refractivity contribution in [3.8, 4) is 11.5 Å². The third kappa shape index (κ3) is 3.29. The van der Waals surface area contributed by atoms with Crippen molar-refractivity contribution in [2.24, 2.45) is 0 Å². The molecule has 3 N–H and O–H groups in total. The summed E-state index contributed by atoms with van der Waals surface area (Å²) in [6.07, 6.45) is 0. The van der Waals surface area contributed by atoms with Crippen LogP contribution in [0.5, 0.6) is 11.5 Å². The number of nitro groups is 1. The fraction of sp³-hybridized carbons (Fsp3) is 0. The Morgan fingerprint density at radius 3 is 2.48 bits per heavy atom. The molecule has 0 aromatic heterocycles. The Labute approximate surface area is 127 Å². The molecule has 0 atom stereocenters. The molecular formula is C13H9BrN2O5. The molecule has 0 aliphatic rings. The van der Waals surface area contributed by atoms with E-state index < -0.39 is 10.8 Å². The first-order valence-corrected chi connectivity index (χ1v) is 6.45. The van der Waals surface area contributed by atoms with E-state index in [1.165, 1.54) is 12.1 Å². The summed E-state index contributed by atoms with van der Waals surface area (Å²) >= 11 is 3.17. The molecule has 0 radical (unpaired) electrons. The van der Waals surface area contributed by atoms with Crippen molar-refractivity contribution >= 4 is 33.2 Å². The lowest BCUT2D eigenvalue weighted by Crippen LogP contribution is -2.12. The molecule has 2 aromatic carbocycles. The summed E-state index contributed by atoms with van der Waals surface area (Å²) in [5, 5.41) is 32.3. The van der Waals surface area contributed by atoms with Crippen LogP contribution in [-0.4, -0.2) is 21.0 Å². The highest BCUT2D eigenvalue weighted by Crippen LogP contribution is 2.29.